The minimum absolute atomic E-state index is 0.0782. The number of halogens is 1. The maximum Gasteiger partial charge on any atom is 0.341 e. The second-order valence-electron chi connectivity index (χ2n) is 7.20. The Hall–Kier alpha value is -4.10. The van der Waals surface area contributed by atoms with Gasteiger partial charge in [0.1, 0.15) is 0 Å². The van der Waals surface area contributed by atoms with Crippen LogP contribution >= 0.6 is 11.6 Å². The van der Waals surface area contributed by atoms with Gasteiger partial charge in [0.25, 0.3) is 11.8 Å². The van der Waals surface area contributed by atoms with E-state index in [1.165, 1.54) is 30.3 Å². The number of benzene rings is 3. The molecule has 1 aliphatic heterocycles. The molecule has 3 aromatic rings. The lowest BCUT2D eigenvalue weighted by molar-refractivity contribution is 0.0228. The van der Waals surface area contributed by atoms with Gasteiger partial charge in [0, 0.05) is 16.7 Å². The SMILES string of the molecule is O=C(OCN1C(=O)c2ccccc2C1=O)c1ccc2c(c1Cl)C(=O)c1ccccc1C2=O. The van der Waals surface area contributed by atoms with E-state index in [-0.39, 0.29) is 49.8 Å². The molecule has 0 saturated heterocycles. The molecule has 2 amide bonds. The van der Waals surface area contributed by atoms with Gasteiger partial charge in [-0.2, -0.15) is 0 Å². The van der Waals surface area contributed by atoms with Crippen LogP contribution in [-0.2, 0) is 4.74 Å². The minimum atomic E-state index is -0.937. The first kappa shape index (κ1) is 19.8. The Morgan fingerprint density at radius 3 is 1.84 bits per heavy atom. The Morgan fingerprint density at radius 2 is 1.25 bits per heavy atom. The molecular weight excluding hydrogens is 434 g/mol. The zero-order valence-electron chi connectivity index (χ0n) is 16.3. The van der Waals surface area contributed by atoms with Crippen molar-refractivity contribution in [2.75, 3.05) is 6.73 Å². The Morgan fingerprint density at radius 1 is 0.719 bits per heavy atom. The third-order valence-electron chi connectivity index (χ3n) is 5.45. The van der Waals surface area contributed by atoms with Crippen molar-refractivity contribution in [2.24, 2.45) is 0 Å². The van der Waals surface area contributed by atoms with Crippen molar-refractivity contribution in [2.45, 2.75) is 0 Å². The van der Waals surface area contributed by atoms with E-state index in [4.69, 9.17) is 16.3 Å². The highest BCUT2D eigenvalue weighted by atomic mass is 35.5. The first-order valence-electron chi connectivity index (χ1n) is 9.53. The zero-order chi connectivity index (χ0) is 22.6. The monoisotopic (exact) mass is 445 g/mol. The molecule has 0 aromatic heterocycles. The van der Waals surface area contributed by atoms with Gasteiger partial charge in [-0.25, -0.2) is 9.69 Å². The van der Waals surface area contributed by atoms with E-state index >= 15 is 0 Å². The van der Waals surface area contributed by atoms with Crippen LogP contribution in [0.4, 0.5) is 0 Å². The third-order valence-corrected chi connectivity index (χ3v) is 5.85. The first-order valence-corrected chi connectivity index (χ1v) is 9.91. The third kappa shape index (κ3) is 2.79. The van der Waals surface area contributed by atoms with Crippen LogP contribution in [0.1, 0.15) is 62.9 Å². The predicted molar refractivity (Wildman–Crippen MR) is 112 cm³/mol. The smallest absolute Gasteiger partial charge is 0.341 e. The second kappa shape index (κ2) is 7.25. The molecule has 0 atom stereocenters. The van der Waals surface area contributed by atoms with Crippen molar-refractivity contribution in [1.82, 2.24) is 4.90 Å². The summed E-state index contributed by atoms with van der Waals surface area (Å²) in [6.45, 7) is -0.617. The lowest BCUT2D eigenvalue weighted by atomic mass is 9.83. The van der Waals surface area contributed by atoms with Crippen LogP contribution in [0, 0.1) is 0 Å². The Labute approximate surface area is 186 Å². The van der Waals surface area contributed by atoms with Crippen LogP contribution in [0.3, 0.4) is 0 Å². The predicted octanol–water partition coefficient (Wildman–Crippen LogP) is 3.53. The number of ketones is 2. The Balaban J connectivity index is 1.42. The number of hydrogen-bond donors (Lipinski definition) is 0. The maximum atomic E-state index is 12.9. The normalized spacial score (nSPS) is 14.2. The topological polar surface area (TPSA) is 97.8 Å². The van der Waals surface area contributed by atoms with Gasteiger partial charge >= 0.3 is 5.97 Å². The molecule has 7 nitrogen and oxygen atoms in total. The fraction of sp³-hybridized carbons (Fsp3) is 0.0417. The molecule has 5 rings (SSSR count). The molecule has 0 saturated carbocycles. The summed E-state index contributed by atoms with van der Waals surface area (Å²) in [5.74, 6) is -2.94. The lowest BCUT2D eigenvalue weighted by Crippen LogP contribution is -2.33. The van der Waals surface area contributed by atoms with Gasteiger partial charge in [-0.3, -0.25) is 19.2 Å². The van der Waals surface area contributed by atoms with E-state index < -0.39 is 30.3 Å². The van der Waals surface area contributed by atoms with E-state index in [1.54, 1.807) is 30.3 Å². The van der Waals surface area contributed by atoms with Gasteiger partial charge in [0.2, 0.25) is 0 Å². The number of ether oxygens (including phenoxy) is 1. The van der Waals surface area contributed by atoms with Crippen molar-refractivity contribution in [1.29, 1.82) is 0 Å². The summed E-state index contributed by atoms with van der Waals surface area (Å²) in [4.78, 5) is 64.0. The fourth-order valence-electron chi connectivity index (χ4n) is 3.86. The summed E-state index contributed by atoms with van der Waals surface area (Å²) in [5, 5.41) is -0.220. The molecule has 2 aliphatic rings. The van der Waals surface area contributed by atoms with Gasteiger partial charge in [-0.05, 0) is 24.3 Å². The Kier molecular flexibility index (Phi) is 4.49. The van der Waals surface area contributed by atoms with E-state index in [0.717, 1.165) is 4.90 Å². The van der Waals surface area contributed by atoms with Gasteiger partial charge in [-0.1, -0.05) is 48.0 Å². The summed E-state index contributed by atoms with van der Waals surface area (Å²) >= 11 is 6.35. The van der Waals surface area contributed by atoms with Gasteiger partial charge in [0.05, 0.1) is 27.3 Å². The number of nitrogens with zero attached hydrogens (tertiary/aromatic N) is 1. The summed E-state index contributed by atoms with van der Waals surface area (Å²) in [5.41, 5.74) is 0.778. The van der Waals surface area contributed by atoms with Crippen molar-refractivity contribution in [3.8, 4) is 0 Å². The summed E-state index contributed by atoms with van der Waals surface area (Å²) < 4.78 is 5.15. The van der Waals surface area contributed by atoms with E-state index in [2.05, 4.69) is 0 Å². The summed E-state index contributed by atoms with van der Waals surface area (Å²) in [6.07, 6.45) is 0. The van der Waals surface area contributed by atoms with E-state index in [0.29, 0.717) is 0 Å². The van der Waals surface area contributed by atoms with Crippen LogP contribution in [0.2, 0.25) is 5.02 Å². The second-order valence-corrected chi connectivity index (χ2v) is 7.58. The van der Waals surface area contributed by atoms with Crippen molar-refractivity contribution in [3.05, 3.63) is 105 Å². The molecule has 0 spiro atoms. The quantitative estimate of drug-likeness (QED) is 0.353. The van der Waals surface area contributed by atoms with Crippen molar-refractivity contribution in [3.63, 3.8) is 0 Å². The number of carbonyl (C=O) groups is 5. The average Bonchev–Trinajstić information content (AvgIpc) is 3.05. The lowest BCUT2D eigenvalue weighted by Gasteiger charge is -2.20. The van der Waals surface area contributed by atoms with Gasteiger partial charge in [0.15, 0.2) is 18.3 Å². The molecule has 3 aromatic carbocycles. The average molecular weight is 446 g/mol. The number of fused-ring (bicyclic) bond motifs is 3. The molecular formula is C24H12ClNO6. The fourth-order valence-corrected chi connectivity index (χ4v) is 4.19. The molecule has 0 unspecified atom stereocenters. The van der Waals surface area contributed by atoms with E-state index in [9.17, 15) is 24.0 Å². The molecule has 0 bridgehead atoms. The molecule has 8 heteroatoms. The summed E-state index contributed by atoms with van der Waals surface area (Å²) in [6, 6.07) is 15.3. The Bertz CT molecular complexity index is 1360. The largest absolute Gasteiger partial charge is 0.440 e. The molecule has 1 aliphatic carbocycles. The molecule has 1 heterocycles. The van der Waals surface area contributed by atoms with Gasteiger partial charge < -0.3 is 4.74 Å². The number of carbonyl (C=O) groups excluding carboxylic acids is 5. The molecule has 0 radical (unpaired) electrons. The number of rotatable bonds is 3. The van der Waals surface area contributed by atoms with Gasteiger partial charge in [-0.15, -0.1) is 0 Å². The number of hydrogen-bond acceptors (Lipinski definition) is 6. The first-order chi connectivity index (χ1) is 15.4. The van der Waals surface area contributed by atoms with Crippen LogP contribution in [0.5, 0.6) is 0 Å². The molecule has 0 N–H and O–H groups in total. The standard InChI is InChI=1S/C24H12ClNO6/c25-19-17(10-9-16-18(19)21(28)13-6-2-1-5-12(13)20(16)27)24(31)32-11-26-22(29)14-7-3-4-8-15(14)23(26)30/h1-10H,11H2. The van der Waals surface area contributed by atoms with Crippen molar-refractivity contribution < 1.29 is 28.7 Å². The maximum absolute atomic E-state index is 12.9. The number of imide groups is 1. The van der Waals surface area contributed by atoms with Crippen LogP contribution in [-0.4, -0.2) is 41.0 Å². The highest BCUT2D eigenvalue weighted by Gasteiger charge is 2.37. The van der Waals surface area contributed by atoms with Crippen LogP contribution in [0.25, 0.3) is 0 Å². The molecule has 0 fully saturated rings. The van der Waals surface area contributed by atoms with E-state index in [1.807, 2.05) is 0 Å². The van der Waals surface area contributed by atoms with Crippen LogP contribution < -0.4 is 0 Å². The number of esters is 1. The zero-order valence-corrected chi connectivity index (χ0v) is 17.0. The van der Waals surface area contributed by atoms with Crippen LogP contribution in [0.15, 0.2) is 60.7 Å². The van der Waals surface area contributed by atoms with Crippen molar-refractivity contribution >= 4 is 41.0 Å². The summed E-state index contributed by atoms with van der Waals surface area (Å²) in [7, 11) is 0. The molecule has 156 valence electrons. The highest BCUT2D eigenvalue weighted by Crippen LogP contribution is 2.34. The highest BCUT2D eigenvalue weighted by molar-refractivity contribution is 6.41. The number of amides is 2. The molecule has 32 heavy (non-hydrogen) atoms. The minimum Gasteiger partial charge on any atom is -0.440 e.